The Morgan fingerprint density at radius 3 is 2.67 bits per heavy atom. The van der Waals surface area contributed by atoms with E-state index < -0.39 is 0 Å². The smallest absolute Gasteiger partial charge is 0.133 e. The molecule has 0 atom stereocenters. The van der Waals surface area contributed by atoms with Gasteiger partial charge in [0.05, 0.1) is 14.9 Å². The van der Waals surface area contributed by atoms with Crippen molar-refractivity contribution in [1.29, 1.82) is 0 Å². The first-order chi connectivity index (χ1) is 7.19. The van der Waals surface area contributed by atoms with E-state index in [1.807, 2.05) is 19.1 Å². The molecule has 15 heavy (non-hydrogen) atoms. The van der Waals surface area contributed by atoms with Crippen LogP contribution in [0.5, 0.6) is 0 Å². The second-order valence-corrected chi connectivity index (χ2v) is 5.05. The Bertz CT molecular complexity index is 482. The van der Waals surface area contributed by atoms with Crippen LogP contribution in [0.3, 0.4) is 0 Å². The molecule has 2 aromatic rings. The topological polar surface area (TPSA) is 25.8 Å². The van der Waals surface area contributed by atoms with Crippen molar-refractivity contribution < 1.29 is 0 Å². The summed E-state index contributed by atoms with van der Waals surface area (Å²) in [6, 6.07) is 5.54. The van der Waals surface area contributed by atoms with Crippen molar-refractivity contribution >= 4 is 34.5 Å². The molecule has 0 saturated heterocycles. The summed E-state index contributed by atoms with van der Waals surface area (Å²) in [5.74, 6) is 0.752. The lowest BCUT2D eigenvalue weighted by atomic mass is 10.3. The van der Waals surface area contributed by atoms with Crippen LogP contribution >= 0.6 is 34.5 Å². The number of hydrogen-bond acceptors (Lipinski definition) is 3. The van der Waals surface area contributed by atoms with Gasteiger partial charge in [-0.1, -0.05) is 30.1 Å². The monoisotopic (exact) mass is 258 g/mol. The van der Waals surface area contributed by atoms with Crippen LogP contribution in [0.4, 0.5) is 0 Å². The second-order valence-electron chi connectivity index (χ2n) is 2.95. The second kappa shape index (κ2) is 4.47. The van der Waals surface area contributed by atoms with Gasteiger partial charge in [-0.15, -0.1) is 11.3 Å². The molecule has 0 aliphatic rings. The molecular formula is C10H8Cl2N2S. The predicted octanol–water partition coefficient (Wildman–Crippen LogP) is 4.07. The van der Waals surface area contributed by atoms with Gasteiger partial charge < -0.3 is 0 Å². The number of aryl methyl sites for hydroxylation is 1. The lowest BCUT2D eigenvalue weighted by molar-refractivity contribution is 0.944. The summed E-state index contributed by atoms with van der Waals surface area (Å²) in [6.07, 6.45) is 0.771. The van der Waals surface area contributed by atoms with Gasteiger partial charge in [0.1, 0.15) is 11.0 Å². The van der Waals surface area contributed by atoms with Gasteiger partial charge in [-0.25, -0.2) is 9.97 Å². The van der Waals surface area contributed by atoms with E-state index in [0.717, 1.165) is 27.2 Å². The minimum absolute atomic E-state index is 0.473. The van der Waals surface area contributed by atoms with Crippen LogP contribution in [0.15, 0.2) is 18.2 Å². The van der Waals surface area contributed by atoms with E-state index in [0.29, 0.717) is 5.15 Å². The van der Waals surface area contributed by atoms with Crippen molar-refractivity contribution in [2.45, 2.75) is 13.3 Å². The van der Waals surface area contributed by atoms with E-state index in [1.165, 1.54) is 11.3 Å². The Morgan fingerprint density at radius 2 is 2.07 bits per heavy atom. The third kappa shape index (κ3) is 2.48. The maximum Gasteiger partial charge on any atom is 0.133 e. The van der Waals surface area contributed by atoms with Crippen LogP contribution in [0.1, 0.15) is 12.7 Å². The fraction of sp³-hybridized carbons (Fsp3) is 0.200. The molecule has 0 radical (unpaired) electrons. The minimum Gasteiger partial charge on any atom is -0.232 e. The summed E-state index contributed by atoms with van der Waals surface area (Å²) in [5.41, 5.74) is 0.837. The number of thiophene rings is 1. The normalized spacial score (nSPS) is 10.6. The standard InChI is InChI=1S/C10H8Cl2N2S/c1-2-10-13-6(5-8(11)14-10)7-3-4-9(12)15-7/h3-5H,2H2,1H3. The maximum absolute atomic E-state index is 5.91. The van der Waals surface area contributed by atoms with Gasteiger partial charge in [0.2, 0.25) is 0 Å². The van der Waals surface area contributed by atoms with Gasteiger partial charge >= 0.3 is 0 Å². The Labute approximate surface area is 102 Å². The Balaban J connectivity index is 2.48. The highest BCUT2D eigenvalue weighted by Crippen LogP contribution is 2.30. The van der Waals surface area contributed by atoms with Crippen molar-refractivity contribution in [3.05, 3.63) is 33.5 Å². The average molecular weight is 259 g/mol. The molecule has 0 aromatic carbocycles. The summed E-state index contributed by atoms with van der Waals surface area (Å²) in [6.45, 7) is 2.00. The van der Waals surface area contributed by atoms with E-state index >= 15 is 0 Å². The molecule has 0 N–H and O–H groups in total. The van der Waals surface area contributed by atoms with Gasteiger partial charge in [0.25, 0.3) is 0 Å². The van der Waals surface area contributed by atoms with Crippen molar-refractivity contribution in [1.82, 2.24) is 9.97 Å². The zero-order valence-corrected chi connectivity index (χ0v) is 10.3. The molecule has 5 heteroatoms. The van der Waals surface area contributed by atoms with Crippen LogP contribution in [-0.2, 0) is 6.42 Å². The first-order valence-electron chi connectivity index (χ1n) is 4.48. The lowest BCUT2D eigenvalue weighted by Gasteiger charge is -2.00. The van der Waals surface area contributed by atoms with Gasteiger partial charge in [-0.05, 0) is 12.1 Å². The molecule has 0 amide bonds. The maximum atomic E-state index is 5.91. The summed E-state index contributed by atoms with van der Waals surface area (Å²) in [4.78, 5) is 9.52. The molecule has 0 aliphatic heterocycles. The molecule has 0 bridgehead atoms. The van der Waals surface area contributed by atoms with Crippen molar-refractivity contribution in [3.8, 4) is 10.6 Å². The van der Waals surface area contributed by atoms with Crippen LogP contribution in [0, 0.1) is 0 Å². The number of aromatic nitrogens is 2. The number of halogens is 2. The fourth-order valence-electron chi connectivity index (χ4n) is 1.20. The third-order valence-electron chi connectivity index (χ3n) is 1.88. The van der Waals surface area contributed by atoms with Crippen LogP contribution in [0.2, 0.25) is 9.49 Å². The SMILES string of the molecule is CCc1nc(Cl)cc(-c2ccc(Cl)s2)n1. The van der Waals surface area contributed by atoms with E-state index in [4.69, 9.17) is 23.2 Å². The molecule has 0 saturated carbocycles. The van der Waals surface area contributed by atoms with Crippen LogP contribution < -0.4 is 0 Å². The highest BCUT2D eigenvalue weighted by Gasteiger charge is 2.06. The van der Waals surface area contributed by atoms with Crippen molar-refractivity contribution in [2.75, 3.05) is 0 Å². The first-order valence-corrected chi connectivity index (χ1v) is 6.05. The largest absolute Gasteiger partial charge is 0.232 e. The van der Waals surface area contributed by atoms with E-state index in [-0.39, 0.29) is 0 Å². The quantitative estimate of drug-likeness (QED) is 0.759. The Kier molecular flexibility index (Phi) is 3.24. The molecular weight excluding hydrogens is 251 g/mol. The van der Waals surface area contributed by atoms with E-state index in [1.54, 1.807) is 6.07 Å². The number of rotatable bonds is 2. The summed E-state index contributed by atoms with van der Waals surface area (Å²) in [7, 11) is 0. The zero-order valence-electron chi connectivity index (χ0n) is 8.00. The van der Waals surface area contributed by atoms with E-state index in [9.17, 15) is 0 Å². The van der Waals surface area contributed by atoms with E-state index in [2.05, 4.69) is 9.97 Å². The van der Waals surface area contributed by atoms with Crippen molar-refractivity contribution in [3.63, 3.8) is 0 Å². The van der Waals surface area contributed by atoms with Gasteiger partial charge in [-0.3, -0.25) is 0 Å². The zero-order chi connectivity index (χ0) is 10.8. The minimum atomic E-state index is 0.473. The van der Waals surface area contributed by atoms with Gasteiger partial charge in [0, 0.05) is 12.5 Å². The van der Waals surface area contributed by atoms with Crippen LogP contribution in [0.25, 0.3) is 10.6 Å². The molecule has 2 aromatic heterocycles. The molecule has 0 unspecified atom stereocenters. The van der Waals surface area contributed by atoms with Gasteiger partial charge in [0.15, 0.2) is 0 Å². The highest BCUT2D eigenvalue weighted by molar-refractivity contribution is 7.19. The van der Waals surface area contributed by atoms with Crippen molar-refractivity contribution in [2.24, 2.45) is 0 Å². The molecule has 0 spiro atoms. The molecule has 2 rings (SSSR count). The molecule has 0 fully saturated rings. The number of nitrogens with zero attached hydrogens (tertiary/aromatic N) is 2. The highest BCUT2D eigenvalue weighted by atomic mass is 35.5. The number of hydrogen-bond donors (Lipinski definition) is 0. The molecule has 2 nitrogen and oxygen atoms in total. The summed E-state index contributed by atoms with van der Waals surface area (Å²) >= 11 is 13.3. The fourth-order valence-corrected chi connectivity index (χ4v) is 2.41. The molecule has 78 valence electrons. The summed E-state index contributed by atoms with van der Waals surface area (Å²) in [5, 5.41) is 0.473. The first kappa shape index (κ1) is 10.9. The lowest BCUT2D eigenvalue weighted by Crippen LogP contribution is -1.94. The molecule has 0 aliphatic carbocycles. The van der Waals surface area contributed by atoms with Gasteiger partial charge in [-0.2, -0.15) is 0 Å². The molecule has 2 heterocycles. The Morgan fingerprint density at radius 1 is 1.27 bits per heavy atom. The predicted molar refractivity (Wildman–Crippen MR) is 64.7 cm³/mol. The third-order valence-corrected chi connectivity index (χ3v) is 3.33. The Hall–Kier alpha value is -0.640. The van der Waals surface area contributed by atoms with Crippen LogP contribution in [-0.4, -0.2) is 9.97 Å². The summed E-state index contributed by atoms with van der Waals surface area (Å²) < 4.78 is 0.748. The average Bonchev–Trinajstić information content (AvgIpc) is 2.64.